The third kappa shape index (κ3) is 4.46. The van der Waals surface area contributed by atoms with Gasteiger partial charge in [-0.3, -0.25) is 0 Å². The molecule has 0 spiro atoms. The molecule has 1 heterocycles. The van der Waals surface area contributed by atoms with Crippen LogP contribution in [0.4, 0.5) is 0 Å². The minimum Gasteiger partial charge on any atom is -0.330 e. The highest BCUT2D eigenvalue weighted by molar-refractivity contribution is 6.31. The molecule has 1 aliphatic heterocycles. The number of halogens is 1. The highest BCUT2D eigenvalue weighted by atomic mass is 35.5. The van der Waals surface area contributed by atoms with Crippen LogP contribution in [0.15, 0.2) is 24.3 Å². The zero-order valence-corrected chi connectivity index (χ0v) is 12.4. The number of nitrogens with two attached hydrogens (primary N) is 1. The Kier molecular flexibility index (Phi) is 5.64. The van der Waals surface area contributed by atoms with Crippen molar-refractivity contribution in [3.63, 3.8) is 0 Å². The van der Waals surface area contributed by atoms with Crippen molar-refractivity contribution in [3.05, 3.63) is 34.9 Å². The number of hydrogen-bond acceptors (Lipinski definition) is 3. The van der Waals surface area contributed by atoms with Crippen molar-refractivity contribution in [2.45, 2.75) is 6.42 Å². The molecule has 1 saturated heterocycles. The van der Waals surface area contributed by atoms with Gasteiger partial charge in [-0.2, -0.15) is 0 Å². The lowest BCUT2D eigenvalue weighted by Gasteiger charge is -2.34. The van der Waals surface area contributed by atoms with Gasteiger partial charge >= 0.3 is 0 Å². The Labute approximate surface area is 121 Å². The molecule has 2 N–H and O–H groups in total. The summed E-state index contributed by atoms with van der Waals surface area (Å²) in [7, 11) is 2.18. The fraction of sp³-hybridized carbons (Fsp3) is 0.600. The maximum Gasteiger partial charge on any atom is 0.0438 e. The average molecular weight is 282 g/mol. The van der Waals surface area contributed by atoms with Gasteiger partial charge in [0.25, 0.3) is 0 Å². The summed E-state index contributed by atoms with van der Waals surface area (Å²) >= 11 is 6.23. The Morgan fingerprint density at radius 3 is 2.53 bits per heavy atom. The lowest BCUT2D eigenvalue weighted by molar-refractivity contribution is 0.137. The van der Waals surface area contributed by atoms with Crippen LogP contribution < -0.4 is 5.73 Å². The van der Waals surface area contributed by atoms with Crippen LogP contribution in [0.1, 0.15) is 5.56 Å². The number of nitrogens with zero attached hydrogens (tertiary/aromatic N) is 2. The van der Waals surface area contributed by atoms with Gasteiger partial charge in [-0.1, -0.05) is 29.8 Å². The summed E-state index contributed by atoms with van der Waals surface area (Å²) in [5.41, 5.74) is 7.15. The molecule has 0 aromatic heterocycles. The normalized spacial score (nSPS) is 19.5. The second kappa shape index (κ2) is 7.25. The van der Waals surface area contributed by atoms with Crippen molar-refractivity contribution in [2.75, 3.05) is 46.3 Å². The van der Waals surface area contributed by atoms with Crippen LogP contribution in [-0.4, -0.2) is 56.1 Å². The van der Waals surface area contributed by atoms with Crippen molar-refractivity contribution in [2.24, 2.45) is 11.7 Å². The van der Waals surface area contributed by atoms with E-state index in [2.05, 4.69) is 22.9 Å². The fourth-order valence-electron chi connectivity index (χ4n) is 2.59. The average Bonchev–Trinajstić information content (AvgIpc) is 2.43. The minimum absolute atomic E-state index is 0.489. The molecule has 1 unspecified atom stereocenters. The van der Waals surface area contributed by atoms with Gasteiger partial charge in [0, 0.05) is 37.7 Å². The maximum absolute atomic E-state index is 6.23. The van der Waals surface area contributed by atoms with E-state index in [0.717, 1.165) is 50.7 Å². The second-order valence-corrected chi connectivity index (χ2v) is 5.91. The molecular weight excluding hydrogens is 258 g/mol. The summed E-state index contributed by atoms with van der Waals surface area (Å²) in [5.74, 6) is 0.489. The highest BCUT2D eigenvalue weighted by Crippen LogP contribution is 2.19. The molecule has 0 saturated carbocycles. The van der Waals surface area contributed by atoms with E-state index in [1.165, 1.54) is 5.56 Å². The molecule has 3 nitrogen and oxygen atoms in total. The van der Waals surface area contributed by atoms with Crippen LogP contribution in [0.25, 0.3) is 0 Å². The first-order valence-electron chi connectivity index (χ1n) is 7.03. The summed E-state index contributed by atoms with van der Waals surface area (Å²) in [4.78, 5) is 4.90. The smallest absolute Gasteiger partial charge is 0.0438 e. The van der Waals surface area contributed by atoms with Gasteiger partial charge in [0.15, 0.2) is 0 Å². The SMILES string of the molecule is CN1CCN(CC(CN)Cc2ccccc2Cl)CC1. The molecule has 0 amide bonds. The highest BCUT2D eigenvalue weighted by Gasteiger charge is 2.18. The summed E-state index contributed by atoms with van der Waals surface area (Å²) in [6.07, 6.45) is 0.975. The zero-order chi connectivity index (χ0) is 13.7. The molecule has 106 valence electrons. The molecule has 1 aromatic carbocycles. The van der Waals surface area contributed by atoms with Crippen LogP contribution in [-0.2, 0) is 6.42 Å². The van der Waals surface area contributed by atoms with Crippen molar-refractivity contribution >= 4 is 11.6 Å². The van der Waals surface area contributed by atoms with E-state index < -0.39 is 0 Å². The molecule has 1 aromatic rings. The molecule has 0 radical (unpaired) electrons. The Balaban J connectivity index is 1.88. The van der Waals surface area contributed by atoms with Crippen LogP contribution >= 0.6 is 11.6 Å². The summed E-state index contributed by atoms with van der Waals surface area (Å²) in [6.45, 7) is 6.41. The molecule has 1 aliphatic rings. The molecule has 1 fully saturated rings. The summed E-state index contributed by atoms with van der Waals surface area (Å²) < 4.78 is 0. The Hall–Kier alpha value is -0.610. The second-order valence-electron chi connectivity index (χ2n) is 5.50. The molecule has 1 atom stereocenters. The van der Waals surface area contributed by atoms with Crippen molar-refractivity contribution in [1.82, 2.24) is 9.80 Å². The van der Waals surface area contributed by atoms with Crippen molar-refractivity contribution < 1.29 is 0 Å². The third-order valence-electron chi connectivity index (χ3n) is 3.91. The molecular formula is C15H24ClN3. The molecule has 2 rings (SSSR count). The number of hydrogen-bond donors (Lipinski definition) is 1. The molecule has 0 bridgehead atoms. The minimum atomic E-state index is 0.489. The van der Waals surface area contributed by atoms with Gasteiger partial charge in [0.1, 0.15) is 0 Å². The summed E-state index contributed by atoms with van der Waals surface area (Å²) in [6, 6.07) is 8.09. The van der Waals surface area contributed by atoms with Gasteiger partial charge in [-0.15, -0.1) is 0 Å². The number of likely N-dealkylation sites (N-methyl/N-ethyl adjacent to an activating group) is 1. The number of rotatable bonds is 5. The predicted octanol–water partition coefficient (Wildman–Crippen LogP) is 1.70. The van der Waals surface area contributed by atoms with Crippen LogP contribution in [0.5, 0.6) is 0 Å². The van der Waals surface area contributed by atoms with Gasteiger partial charge in [-0.05, 0) is 37.6 Å². The summed E-state index contributed by atoms with van der Waals surface area (Å²) in [5, 5.41) is 0.860. The van der Waals surface area contributed by atoms with Gasteiger partial charge < -0.3 is 15.5 Å². The van der Waals surface area contributed by atoms with Gasteiger partial charge in [0.05, 0.1) is 0 Å². The van der Waals surface area contributed by atoms with Crippen LogP contribution in [0, 0.1) is 5.92 Å². The molecule has 0 aliphatic carbocycles. The topological polar surface area (TPSA) is 32.5 Å². The quantitative estimate of drug-likeness (QED) is 0.892. The number of piperazine rings is 1. The van der Waals surface area contributed by atoms with Crippen molar-refractivity contribution in [3.8, 4) is 0 Å². The van der Waals surface area contributed by atoms with E-state index in [0.29, 0.717) is 5.92 Å². The van der Waals surface area contributed by atoms with E-state index in [-0.39, 0.29) is 0 Å². The Morgan fingerprint density at radius 2 is 1.89 bits per heavy atom. The van der Waals surface area contributed by atoms with Crippen LogP contribution in [0.2, 0.25) is 5.02 Å². The monoisotopic (exact) mass is 281 g/mol. The first-order chi connectivity index (χ1) is 9.19. The number of benzene rings is 1. The van der Waals surface area contributed by atoms with Crippen LogP contribution in [0.3, 0.4) is 0 Å². The van der Waals surface area contributed by atoms with E-state index in [4.69, 9.17) is 17.3 Å². The molecule has 4 heteroatoms. The first kappa shape index (κ1) is 14.8. The molecule has 19 heavy (non-hydrogen) atoms. The zero-order valence-electron chi connectivity index (χ0n) is 11.7. The van der Waals surface area contributed by atoms with E-state index >= 15 is 0 Å². The third-order valence-corrected chi connectivity index (χ3v) is 4.28. The lowest BCUT2D eigenvalue weighted by Crippen LogP contribution is -2.47. The first-order valence-corrected chi connectivity index (χ1v) is 7.41. The standard InChI is InChI=1S/C15H24ClN3/c1-18-6-8-19(9-7-18)12-13(11-17)10-14-4-2-3-5-15(14)16/h2-5,13H,6-12,17H2,1H3. The van der Waals surface area contributed by atoms with E-state index in [9.17, 15) is 0 Å². The lowest BCUT2D eigenvalue weighted by atomic mass is 9.98. The van der Waals surface area contributed by atoms with Gasteiger partial charge in [0.2, 0.25) is 0 Å². The predicted molar refractivity (Wildman–Crippen MR) is 81.6 cm³/mol. The Morgan fingerprint density at radius 1 is 1.21 bits per heavy atom. The Bertz CT molecular complexity index is 389. The fourth-order valence-corrected chi connectivity index (χ4v) is 2.81. The largest absolute Gasteiger partial charge is 0.330 e. The van der Waals surface area contributed by atoms with E-state index in [1.54, 1.807) is 0 Å². The van der Waals surface area contributed by atoms with Gasteiger partial charge in [-0.25, -0.2) is 0 Å². The van der Waals surface area contributed by atoms with Crippen molar-refractivity contribution in [1.29, 1.82) is 0 Å². The maximum atomic E-state index is 6.23. The van der Waals surface area contributed by atoms with E-state index in [1.807, 2.05) is 18.2 Å².